The van der Waals surface area contributed by atoms with Crippen LogP contribution in [0.1, 0.15) is 44.4 Å². The highest BCUT2D eigenvalue weighted by Gasteiger charge is 2.19. The van der Waals surface area contributed by atoms with E-state index in [-0.39, 0.29) is 4.75 Å². The summed E-state index contributed by atoms with van der Waals surface area (Å²) in [6.07, 6.45) is 3.16. The number of thiocarbonyl (C=S) groups is 1. The molecule has 0 fully saturated rings. The predicted octanol–water partition coefficient (Wildman–Crippen LogP) is 5.53. The number of nitrogens with two attached hydrogens (primary N) is 1. The van der Waals surface area contributed by atoms with Crippen LogP contribution in [0.4, 0.5) is 0 Å². The lowest BCUT2D eigenvalue weighted by Crippen LogP contribution is -2.10. The molecule has 4 heteroatoms. The molecule has 0 amide bonds. The van der Waals surface area contributed by atoms with Crippen molar-refractivity contribution < 1.29 is 0 Å². The fraction of sp³-hybridized carbons (Fsp3) is 0.300. The molecule has 0 heterocycles. The standard InChI is InChI=1S/C20H24N2S2/c1-7-15(11-21)19(23)18(14(3)24-20(4,5)6)16-8-9-17(12-22)13(2)10-16/h7-11H,1,21H2,2-6H3/b15-11?,18-14+. The zero-order valence-corrected chi connectivity index (χ0v) is 16.6. The first-order chi connectivity index (χ1) is 11.1. The molecule has 1 aromatic carbocycles. The number of aryl methyl sites for hydroxylation is 1. The molecule has 0 unspecified atom stereocenters. The molecule has 126 valence electrons. The Balaban J connectivity index is 3.58. The van der Waals surface area contributed by atoms with Crippen molar-refractivity contribution in [1.82, 2.24) is 0 Å². The van der Waals surface area contributed by atoms with Crippen LogP contribution >= 0.6 is 24.0 Å². The number of thioether (sulfide) groups is 1. The number of nitrogens with zero attached hydrogens (tertiary/aromatic N) is 1. The highest BCUT2D eigenvalue weighted by Crippen LogP contribution is 2.37. The molecule has 1 rings (SSSR count). The highest BCUT2D eigenvalue weighted by molar-refractivity contribution is 8.04. The van der Waals surface area contributed by atoms with Crippen LogP contribution in [0.2, 0.25) is 0 Å². The van der Waals surface area contributed by atoms with E-state index < -0.39 is 0 Å². The van der Waals surface area contributed by atoms with E-state index in [9.17, 15) is 0 Å². The lowest BCUT2D eigenvalue weighted by atomic mass is 9.95. The van der Waals surface area contributed by atoms with Crippen molar-refractivity contribution in [2.75, 3.05) is 0 Å². The van der Waals surface area contributed by atoms with E-state index in [1.54, 1.807) is 17.8 Å². The number of nitriles is 1. The van der Waals surface area contributed by atoms with Crippen LogP contribution in [0, 0.1) is 18.3 Å². The van der Waals surface area contributed by atoms with Crippen molar-refractivity contribution in [1.29, 1.82) is 5.26 Å². The molecule has 0 saturated heterocycles. The van der Waals surface area contributed by atoms with Crippen LogP contribution < -0.4 is 5.73 Å². The predicted molar refractivity (Wildman–Crippen MR) is 111 cm³/mol. The van der Waals surface area contributed by atoms with Gasteiger partial charge in [0, 0.05) is 22.1 Å². The van der Waals surface area contributed by atoms with Crippen LogP contribution in [0.5, 0.6) is 0 Å². The first-order valence-electron chi connectivity index (χ1n) is 7.64. The van der Waals surface area contributed by atoms with Gasteiger partial charge in [-0.25, -0.2) is 0 Å². The fourth-order valence-corrected chi connectivity index (χ4v) is 4.06. The summed E-state index contributed by atoms with van der Waals surface area (Å²) in [5.41, 5.74) is 10.0. The Kier molecular flexibility index (Phi) is 7.01. The lowest BCUT2D eigenvalue weighted by molar-refractivity contribution is 0.806. The molecule has 0 aliphatic carbocycles. The fourth-order valence-electron chi connectivity index (χ4n) is 2.33. The number of hydrogen-bond donors (Lipinski definition) is 1. The third-order valence-corrected chi connectivity index (χ3v) is 4.90. The minimum atomic E-state index is 0.0629. The van der Waals surface area contributed by atoms with Crippen LogP contribution in [0.15, 0.2) is 47.5 Å². The van der Waals surface area contributed by atoms with Gasteiger partial charge in [0.05, 0.1) is 16.5 Å². The number of rotatable bonds is 5. The second-order valence-corrected chi connectivity index (χ2v) is 8.89. The molecule has 0 bridgehead atoms. The Labute approximate surface area is 155 Å². The summed E-state index contributed by atoms with van der Waals surface area (Å²) in [7, 11) is 0. The van der Waals surface area contributed by atoms with Gasteiger partial charge in [-0.05, 0) is 35.9 Å². The molecule has 0 saturated carbocycles. The van der Waals surface area contributed by atoms with Crippen molar-refractivity contribution in [2.45, 2.75) is 39.4 Å². The van der Waals surface area contributed by atoms with E-state index in [4.69, 9.17) is 23.2 Å². The summed E-state index contributed by atoms with van der Waals surface area (Å²) in [6, 6.07) is 7.98. The van der Waals surface area contributed by atoms with Gasteiger partial charge >= 0.3 is 0 Å². The van der Waals surface area contributed by atoms with Gasteiger partial charge in [-0.15, -0.1) is 11.8 Å². The number of benzene rings is 1. The molecule has 24 heavy (non-hydrogen) atoms. The maximum Gasteiger partial charge on any atom is 0.0994 e. The van der Waals surface area contributed by atoms with E-state index in [0.717, 1.165) is 27.2 Å². The summed E-state index contributed by atoms with van der Waals surface area (Å²) < 4.78 is 0.0629. The van der Waals surface area contributed by atoms with Gasteiger partial charge in [0.2, 0.25) is 0 Å². The molecule has 0 radical (unpaired) electrons. The maximum absolute atomic E-state index is 9.15. The third-order valence-electron chi connectivity index (χ3n) is 3.34. The first kappa shape index (κ1) is 20.2. The topological polar surface area (TPSA) is 49.8 Å². The summed E-state index contributed by atoms with van der Waals surface area (Å²) in [5.74, 6) is 0. The lowest BCUT2D eigenvalue weighted by Gasteiger charge is -2.22. The molecule has 2 N–H and O–H groups in total. The average Bonchev–Trinajstić information content (AvgIpc) is 2.47. The molecule has 0 spiro atoms. The molecule has 0 aromatic heterocycles. The highest BCUT2D eigenvalue weighted by atomic mass is 32.2. The van der Waals surface area contributed by atoms with E-state index >= 15 is 0 Å². The largest absolute Gasteiger partial charge is 0.404 e. The third kappa shape index (κ3) is 5.09. The Morgan fingerprint density at radius 1 is 1.38 bits per heavy atom. The number of hydrogen-bond acceptors (Lipinski definition) is 4. The average molecular weight is 357 g/mol. The van der Waals surface area contributed by atoms with Gasteiger partial charge in [-0.2, -0.15) is 5.26 Å². The molecule has 0 aliphatic heterocycles. The normalized spacial score (nSPS) is 13.1. The molecule has 1 aromatic rings. The Morgan fingerprint density at radius 2 is 2.00 bits per heavy atom. The van der Waals surface area contributed by atoms with Crippen LogP contribution in [0.25, 0.3) is 5.57 Å². The second-order valence-electron chi connectivity index (χ2n) is 6.44. The first-order valence-corrected chi connectivity index (χ1v) is 8.87. The van der Waals surface area contributed by atoms with E-state index in [0.29, 0.717) is 10.4 Å². The smallest absolute Gasteiger partial charge is 0.0994 e. The van der Waals surface area contributed by atoms with Crippen molar-refractivity contribution in [3.8, 4) is 6.07 Å². The molecule has 0 aliphatic rings. The summed E-state index contributed by atoms with van der Waals surface area (Å²) in [5, 5.41) is 9.15. The zero-order chi connectivity index (χ0) is 18.5. The van der Waals surface area contributed by atoms with Gasteiger partial charge in [0.1, 0.15) is 0 Å². The maximum atomic E-state index is 9.15. The molecule has 2 nitrogen and oxygen atoms in total. The van der Waals surface area contributed by atoms with Crippen molar-refractivity contribution in [2.24, 2.45) is 5.73 Å². The summed E-state index contributed by atoms with van der Waals surface area (Å²) >= 11 is 7.46. The minimum absolute atomic E-state index is 0.0629. The van der Waals surface area contributed by atoms with Gasteiger partial charge in [-0.3, -0.25) is 0 Å². The molecular formula is C20H24N2S2. The van der Waals surface area contributed by atoms with Gasteiger partial charge < -0.3 is 5.73 Å². The van der Waals surface area contributed by atoms with Crippen LogP contribution in [-0.4, -0.2) is 9.61 Å². The van der Waals surface area contributed by atoms with E-state index in [1.807, 2.05) is 25.1 Å². The van der Waals surface area contributed by atoms with Gasteiger partial charge in [-0.1, -0.05) is 57.8 Å². The Hall–Kier alpha value is -1.83. The summed E-state index contributed by atoms with van der Waals surface area (Å²) in [6.45, 7) is 14.3. The molecule has 0 atom stereocenters. The second kappa shape index (κ2) is 8.32. The monoisotopic (exact) mass is 356 g/mol. The SMILES string of the molecule is C=CC(=CN)C(=S)/C(=C(\C)SC(C)(C)C)c1ccc(C#N)c(C)c1. The van der Waals surface area contributed by atoms with E-state index in [1.165, 1.54) is 6.20 Å². The van der Waals surface area contributed by atoms with Crippen LogP contribution in [-0.2, 0) is 0 Å². The zero-order valence-electron chi connectivity index (χ0n) is 14.9. The van der Waals surface area contributed by atoms with Crippen molar-refractivity contribution in [3.63, 3.8) is 0 Å². The van der Waals surface area contributed by atoms with Gasteiger partial charge in [0.15, 0.2) is 0 Å². The van der Waals surface area contributed by atoms with Crippen molar-refractivity contribution in [3.05, 3.63) is 64.2 Å². The Bertz CT molecular complexity index is 757. The Morgan fingerprint density at radius 3 is 2.42 bits per heavy atom. The van der Waals surface area contributed by atoms with Crippen LogP contribution in [0.3, 0.4) is 0 Å². The van der Waals surface area contributed by atoms with Crippen molar-refractivity contribution >= 4 is 34.4 Å². The van der Waals surface area contributed by atoms with E-state index in [2.05, 4.69) is 40.3 Å². The number of allylic oxidation sites excluding steroid dienone is 4. The minimum Gasteiger partial charge on any atom is -0.404 e. The molecular weight excluding hydrogens is 332 g/mol. The summed E-state index contributed by atoms with van der Waals surface area (Å²) in [4.78, 5) is 1.80. The quantitative estimate of drug-likeness (QED) is 0.428. The van der Waals surface area contributed by atoms with Gasteiger partial charge in [0.25, 0.3) is 0 Å².